The molecule has 1 fully saturated rings. The predicted molar refractivity (Wildman–Crippen MR) is 106 cm³/mol. The molecule has 5 heteroatoms. The number of anilines is 2. The van der Waals surface area contributed by atoms with Crippen LogP contribution in [-0.2, 0) is 6.42 Å². The van der Waals surface area contributed by atoms with E-state index in [2.05, 4.69) is 50.9 Å². The Morgan fingerprint density at radius 2 is 2.00 bits per heavy atom. The van der Waals surface area contributed by atoms with Crippen molar-refractivity contribution in [3.8, 4) is 0 Å². The van der Waals surface area contributed by atoms with Gasteiger partial charge in [0.2, 0.25) is 5.95 Å². The van der Waals surface area contributed by atoms with Crippen molar-refractivity contribution in [2.45, 2.75) is 56.9 Å². The van der Waals surface area contributed by atoms with Crippen LogP contribution in [0.25, 0.3) is 0 Å². The molecule has 4 rings (SSSR count). The lowest BCUT2D eigenvalue weighted by Gasteiger charge is -2.26. The Morgan fingerprint density at radius 1 is 1.12 bits per heavy atom. The zero-order chi connectivity index (χ0) is 17.8. The summed E-state index contributed by atoms with van der Waals surface area (Å²) in [6.07, 6.45) is 8.33. The van der Waals surface area contributed by atoms with E-state index in [-0.39, 0.29) is 0 Å². The van der Waals surface area contributed by atoms with E-state index in [0.717, 1.165) is 37.3 Å². The van der Waals surface area contributed by atoms with Crippen LogP contribution in [0.15, 0.2) is 30.3 Å². The minimum absolute atomic E-state index is 0.327. The number of nitrogens with two attached hydrogens (primary N) is 1. The number of hydrogen-bond donors (Lipinski definition) is 3. The molecule has 0 saturated carbocycles. The van der Waals surface area contributed by atoms with Gasteiger partial charge in [-0.25, -0.2) is 4.98 Å². The number of nitrogens with zero attached hydrogens (tertiary/aromatic N) is 2. The first-order chi connectivity index (χ1) is 12.8. The number of benzene rings is 1. The SMILES string of the molecule is Nc1nc(NCCCC2CCCN2)c2c(n1)C(c1ccccc1)CCC2. The highest BCUT2D eigenvalue weighted by atomic mass is 15.1. The molecule has 0 bridgehead atoms. The Labute approximate surface area is 155 Å². The van der Waals surface area contributed by atoms with Crippen molar-refractivity contribution >= 4 is 11.8 Å². The summed E-state index contributed by atoms with van der Waals surface area (Å²) in [5.41, 5.74) is 9.76. The van der Waals surface area contributed by atoms with Gasteiger partial charge in [-0.05, 0) is 57.1 Å². The summed E-state index contributed by atoms with van der Waals surface area (Å²) in [7, 11) is 0. The van der Waals surface area contributed by atoms with Gasteiger partial charge in [-0.1, -0.05) is 30.3 Å². The molecule has 0 amide bonds. The van der Waals surface area contributed by atoms with Crippen LogP contribution in [0, 0.1) is 0 Å². The van der Waals surface area contributed by atoms with Gasteiger partial charge in [0, 0.05) is 24.1 Å². The average Bonchev–Trinajstić information content (AvgIpc) is 3.19. The number of rotatable bonds is 6. The van der Waals surface area contributed by atoms with Crippen molar-refractivity contribution in [2.24, 2.45) is 0 Å². The maximum absolute atomic E-state index is 6.05. The maximum atomic E-state index is 6.05. The van der Waals surface area contributed by atoms with E-state index in [4.69, 9.17) is 5.73 Å². The van der Waals surface area contributed by atoms with Gasteiger partial charge in [-0.2, -0.15) is 4.98 Å². The Hall–Kier alpha value is -2.14. The molecule has 1 aromatic carbocycles. The lowest BCUT2D eigenvalue weighted by Crippen LogP contribution is -2.22. The molecular weight excluding hydrogens is 322 g/mol. The van der Waals surface area contributed by atoms with Crippen LogP contribution in [0.1, 0.15) is 61.3 Å². The standard InChI is InChI=1S/C21H29N5/c22-21-25-19-17(15-7-2-1-3-8-15)11-4-12-18(19)20(26-21)24-14-6-10-16-9-5-13-23-16/h1-3,7-8,16-17,23H,4-6,9-14H2,(H3,22,24,25,26). The molecule has 1 aliphatic carbocycles. The maximum Gasteiger partial charge on any atom is 0.222 e. The van der Waals surface area contributed by atoms with E-state index in [1.807, 2.05) is 0 Å². The fourth-order valence-corrected chi connectivity index (χ4v) is 4.39. The second-order valence-electron chi connectivity index (χ2n) is 7.51. The zero-order valence-electron chi connectivity index (χ0n) is 15.4. The lowest BCUT2D eigenvalue weighted by molar-refractivity contribution is 0.544. The summed E-state index contributed by atoms with van der Waals surface area (Å²) in [4.78, 5) is 9.16. The Morgan fingerprint density at radius 3 is 2.81 bits per heavy atom. The number of fused-ring (bicyclic) bond motifs is 1. The molecule has 0 radical (unpaired) electrons. The molecule has 1 aliphatic heterocycles. The summed E-state index contributed by atoms with van der Waals surface area (Å²) in [6.45, 7) is 2.12. The van der Waals surface area contributed by atoms with Crippen LogP contribution in [-0.4, -0.2) is 29.1 Å². The van der Waals surface area contributed by atoms with Crippen molar-refractivity contribution in [3.05, 3.63) is 47.2 Å². The van der Waals surface area contributed by atoms with Crippen molar-refractivity contribution in [3.63, 3.8) is 0 Å². The topological polar surface area (TPSA) is 75.9 Å². The molecule has 138 valence electrons. The van der Waals surface area contributed by atoms with Crippen LogP contribution < -0.4 is 16.4 Å². The van der Waals surface area contributed by atoms with E-state index in [1.54, 1.807) is 0 Å². The largest absolute Gasteiger partial charge is 0.370 e. The molecule has 26 heavy (non-hydrogen) atoms. The van der Waals surface area contributed by atoms with Crippen molar-refractivity contribution < 1.29 is 0 Å². The molecule has 2 aliphatic rings. The summed E-state index contributed by atoms with van der Waals surface area (Å²) < 4.78 is 0. The van der Waals surface area contributed by atoms with Gasteiger partial charge in [0.05, 0.1) is 5.69 Å². The van der Waals surface area contributed by atoms with E-state index in [9.17, 15) is 0 Å². The highest BCUT2D eigenvalue weighted by molar-refractivity contribution is 5.53. The summed E-state index contributed by atoms with van der Waals surface area (Å²) in [5, 5.41) is 7.12. The van der Waals surface area contributed by atoms with Crippen molar-refractivity contribution in [1.82, 2.24) is 15.3 Å². The Kier molecular flexibility index (Phi) is 5.34. The molecule has 5 nitrogen and oxygen atoms in total. The van der Waals surface area contributed by atoms with Crippen LogP contribution >= 0.6 is 0 Å². The first-order valence-corrected chi connectivity index (χ1v) is 10.00. The monoisotopic (exact) mass is 351 g/mol. The third kappa shape index (κ3) is 3.83. The average molecular weight is 351 g/mol. The molecule has 0 spiro atoms. The second-order valence-corrected chi connectivity index (χ2v) is 7.51. The summed E-state index contributed by atoms with van der Waals surface area (Å²) in [6, 6.07) is 11.4. The van der Waals surface area contributed by atoms with Gasteiger partial charge >= 0.3 is 0 Å². The molecule has 2 unspecified atom stereocenters. The number of aromatic nitrogens is 2. The third-order valence-electron chi connectivity index (χ3n) is 5.69. The first kappa shape index (κ1) is 17.3. The van der Waals surface area contributed by atoms with Gasteiger partial charge in [0.25, 0.3) is 0 Å². The normalized spacial score (nSPS) is 22.2. The van der Waals surface area contributed by atoms with Gasteiger partial charge in [-0.15, -0.1) is 0 Å². The number of hydrogen-bond acceptors (Lipinski definition) is 5. The van der Waals surface area contributed by atoms with E-state index in [0.29, 0.717) is 17.9 Å². The Bertz CT molecular complexity index is 725. The molecular formula is C21H29N5. The van der Waals surface area contributed by atoms with Crippen LogP contribution in [0.2, 0.25) is 0 Å². The highest BCUT2D eigenvalue weighted by Gasteiger charge is 2.26. The molecule has 2 heterocycles. The quantitative estimate of drug-likeness (QED) is 0.695. The van der Waals surface area contributed by atoms with Gasteiger partial charge in [0.15, 0.2) is 0 Å². The number of nitrogen functional groups attached to an aromatic ring is 1. The minimum Gasteiger partial charge on any atom is -0.370 e. The van der Waals surface area contributed by atoms with Gasteiger partial charge < -0.3 is 16.4 Å². The van der Waals surface area contributed by atoms with E-state index in [1.165, 1.54) is 43.4 Å². The third-order valence-corrected chi connectivity index (χ3v) is 5.69. The molecule has 4 N–H and O–H groups in total. The molecule has 1 aromatic heterocycles. The number of nitrogens with one attached hydrogen (secondary N) is 2. The zero-order valence-corrected chi connectivity index (χ0v) is 15.4. The fraction of sp³-hybridized carbons (Fsp3) is 0.524. The van der Waals surface area contributed by atoms with Crippen LogP contribution in [0.4, 0.5) is 11.8 Å². The summed E-state index contributed by atoms with van der Waals surface area (Å²) >= 11 is 0. The highest BCUT2D eigenvalue weighted by Crippen LogP contribution is 2.38. The lowest BCUT2D eigenvalue weighted by atomic mass is 9.82. The fourth-order valence-electron chi connectivity index (χ4n) is 4.39. The molecule has 1 saturated heterocycles. The second kappa shape index (κ2) is 8.04. The smallest absolute Gasteiger partial charge is 0.222 e. The molecule has 2 aromatic rings. The Balaban J connectivity index is 1.48. The predicted octanol–water partition coefficient (Wildman–Crippen LogP) is 3.47. The van der Waals surface area contributed by atoms with Crippen molar-refractivity contribution in [1.29, 1.82) is 0 Å². The molecule has 2 atom stereocenters. The van der Waals surface area contributed by atoms with E-state index >= 15 is 0 Å². The minimum atomic E-state index is 0.327. The van der Waals surface area contributed by atoms with E-state index < -0.39 is 0 Å². The summed E-state index contributed by atoms with van der Waals surface area (Å²) in [5.74, 6) is 1.66. The van der Waals surface area contributed by atoms with Crippen LogP contribution in [0.3, 0.4) is 0 Å². The van der Waals surface area contributed by atoms with Gasteiger partial charge in [-0.3, -0.25) is 0 Å². The first-order valence-electron chi connectivity index (χ1n) is 10.00. The van der Waals surface area contributed by atoms with Crippen LogP contribution in [0.5, 0.6) is 0 Å². The van der Waals surface area contributed by atoms with Crippen molar-refractivity contribution in [2.75, 3.05) is 24.1 Å². The van der Waals surface area contributed by atoms with Gasteiger partial charge in [0.1, 0.15) is 5.82 Å².